The number of fused-ring (bicyclic) bond motifs is 1. The number of hydrogen-bond acceptors (Lipinski definition) is 6. The highest BCUT2D eigenvalue weighted by Crippen LogP contribution is 2.36. The zero-order chi connectivity index (χ0) is 17.1. The highest BCUT2D eigenvalue weighted by Gasteiger charge is 2.17. The molecule has 1 aromatic heterocycles. The fourth-order valence-electron chi connectivity index (χ4n) is 3.19. The zero-order valence-electron chi connectivity index (χ0n) is 13.9. The van der Waals surface area contributed by atoms with E-state index < -0.39 is 0 Å². The van der Waals surface area contributed by atoms with Crippen LogP contribution >= 0.6 is 11.3 Å². The lowest BCUT2D eigenvalue weighted by atomic mass is 9.96. The fraction of sp³-hybridized carbons (Fsp3) is 0.444. The highest BCUT2D eigenvalue weighted by atomic mass is 32.1. The molecule has 0 bridgehead atoms. The molecule has 1 atom stereocenters. The number of rotatable bonds is 5. The molecule has 0 aliphatic carbocycles. The van der Waals surface area contributed by atoms with E-state index in [1.165, 1.54) is 24.2 Å². The SMILES string of the molecule is O=C(NCCC1CCCNC1)c1csc(-c2ccc3c(c2)OCO3)n1. The molecule has 2 aromatic rings. The summed E-state index contributed by atoms with van der Waals surface area (Å²) in [5.41, 5.74) is 1.40. The monoisotopic (exact) mass is 359 g/mol. The Morgan fingerprint density at radius 3 is 3.16 bits per heavy atom. The molecule has 1 amide bonds. The van der Waals surface area contributed by atoms with Crippen molar-refractivity contribution in [3.63, 3.8) is 0 Å². The maximum atomic E-state index is 12.3. The van der Waals surface area contributed by atoms with Gasteiger partial charge in [0.15, 0.2) is 11.5 Å². The number of carbonyl (C=O) groups is 1. The average Bonchev–Trinajstić information content (AvgIpc) is 3.31. The van der Waals surface area contributed by atoms with Crippen LogP contribution in [-0.4, -0.2) is 37.3 Å². The maximum Gasteiger partial charge on any atom is 0.270 e. The Hall–Kier alpha value is -2.12. The molecule has 132 valence electrons. The number of nitrogens with zero attached hydrogens (tertiary/aromatic N) is 1. The normalized spacial score (nSPS) is 19.0. The Bertz CT molecular complexity index is 756. The van der Waals surface area contributed by atoms with Crippen LogP contribution < -0.4 is 20.1 Å². The first-order valence-electron chi connectivity index (χ1n) is 8.64. The Morgan fingerprint density at radius 2 is 2.28 bits per heavy atom. The van der Waals surface area contributed by atoms with Gasteiger partial charge in [-0.15, -0.1) is 11.3 Å². The number of thiazole rings is 1. The van der Waals surface area contributed by atoms with Crippen molar-refractivity contribution in [3.8, 4) is 22.1 Å². The van der Waals surface area contributed by atoms with Crippen molar-refractivity contribution < 1.29 is 14.3 Å². The quantitative estimate of drug-likeness (QED) is 0.859. The van der Waals surface area contributed by atoms with Crippen LogP contribution in [0, 0.1) is 5.92 Å². The molecule has 0 radical (unpaired) electrons. The van der Waals surface area contributed by atoms with Gasteiger partial charge in [0.1, 0.15) is 10.7 Å². The number of ether oxygens (including phenoxy) is 2. The van der Waals surface area contributed by atoms with Gasteiger partial charge in [-0.3, -0.25) is 4.79 Å². The van der Waals surface area contributed by atoms with Gasteiger partial charge in [-0.2, -0.15) is 0 Å². The minimum absolute atomic E-state index is 0.105. The number of hydrogen-bond donors (Lipinski definition) is 2. The summed E-state index contributed by atoms with van der Waals surface area (Å²) in [6, 6.07) is 5.71. The minimum atomic E-state index is -0.105. The molecule has 1 saturated heterocycles. The molecule has 1 fully saturated rings. The molecule has 2 N–H and O–H groups in total. The van der Waals surface area contributed by atoms with E-state index in [4.69, 9.17) is 9.47 Å². The van der Waals surface area contributed by atoms with Gasteiger partial charge in [-0.1, -0.05) is 0 Å². The van der Waals surface area contributed by atoms with E-state index in [0.717, 1.165) is 41.6 Å². The minimum Gasteiger partial charge on any atom is -0.454 e. The van der Waals surface area contributed by atoms with Crippen molar-refractivity contribution in [1.29, 1.82) is 0 Å². The van der Waals surface area contributed by atoms with Crippen molar-refractivity contribution in [2.45, 2.75) is 19.3 Å². The second-order valence-corrected chi connectivity index (χ2v) is 7.22. The molecule has 0 saturated carbocycles. The van der Waals surface area contributed by atoms with Crippen LogP contribution in [0.3, 0.4) is 0 Å². The summed E-state index contributed by atoms with van der Waals surface area (Å²) >= 11 is 1.46. The van der Waals surface area contributed by atoms with E-state index in [0.29, 0.717) is 18.2 Å². The number of amides is 1. The third kappa shape index (κ3) is 3.77. The van der Waals surface area contributed by atoms with Crippen LogP contribution in [0.2, 0.25) is 0 Å². The number of benzene rings is 1. The Labute approximate surface area is 150 Å². The van der Waals surface area contributed by atoms with Crippen LogP contribution in [0.15, 0.2) is 23.6 Å². The van der Waals surface area contributed by atoms with E-state index in [1.54, 1.807) is 5.38 Å². The highest BCUT2D eigenvalue weighted by molar-refractivity contribution is 7.13. The summed E-state index contributed by atoms with van der Waals surface area (Å²) in [6.07, 6.45) is 3.48. The lowest BCUT2D eigenvalue weighted by Gasteiger charge is -2.22. The molecule has 0 spiro atoms. The van der Waals surface area contributed by atoms with E-state index in [2.05, 4.69) is 15.6 Å². The fourth-order valence-corrected chi connectivity index (χ4v) is 3.99. The molecule has 1 aromatic carbocycles. The summed E-state index contributed by atoms with van der Waals surface area (Å²) in [5.74, 6) is 2.02. The summed E-state index contributed by atoms with van der Waals surface area (Å²) in [7, 11) is 0. The molecule has 2 aliphatic heterocycles. The molecule has 2 aliphatic rings. The lowest BCUT2D eigenvalue weighted by molar-refractivity contribution is 0.0946. The van der Waals surface area contributed by atoms with Gasteiger partial charge in [0.25, 0.3) is 5.91 Å². The molecular weight excluding hydrogens is 338 g/mol. The van der Waals surface area contributed by atoms with Crippen molar-refractivity contribution in [2.75, 3.05) is 26.4 Å². The average molecular weight is 359 g/mol. The maximum absolute atomic E-state index is 12.3. The second-order valence-electron chi connectivity index (χ2n) is 6.36. The number of piperidine rings is 1. The van der Waals surface area contributed by atoms with Gasteiger partial charge in [0.05, 0.1) is 0 Å². The summed E-state index contributed by atoms with van der Waals surface area (Å²) in [5, 5.41) is 9.00. The van der Waals surface area contributed by atoms with Crippen LogP contribution in [-0.2, 0) is 0 Å². The van der Waals surface area contributed by atoms with Gasteiger partial charge in [-0.25, -0.2) is 4.98 Å². The number of aromatic nitrogens is 1. The first-order valence-corrected chi connectivity index (χ1v) is 9.52. The van der Waals surface area contributed by atoms with Gasteiger partial charge < -0.3 is 20.1 Å². The molecular formula is C18H21N3O3S. The zero-order valence-corrected chi connectivity index (χ0v) is 14.7. The van der Waals surface area contributed by atoms with Gasteiger partial charge in [0, 0.05) is 17.5 Å². The molecule has 1 unspecified atom stereocenters. The Morgan fingerprint density at radius 1 is 1.36 bits per heavy atom. The van der Waals surface area contributed by atoms with Crippen LogP contribution in [0.25, 0.3) is 10.6 Å². The summed E-state index contributed by atoms with van der Waals surface area (Å²) < 4.78 is 10.7. The predicted molar refractivity (Wildman–Crippen MR) is 96.2 cm³/mol. The Balaban J connectivity index is 1.34. The van der Waals surface area contributed by atoms with Crippen LogP contribution in [0.1, 0.15) is 29.8 Å². The largest absolute Gasteiger partial charge is 0.454 e. The van der Waals surface area contributed by atoms with Crippen LogP contribution in [0.4, 0.5) is 0 Å². The van der Waals surface area contributed by atoms with Gasteiger partial charge >= 0.3 is 0 Å². The third-order valence-corrected chi connectivity index (χ3v) is 5.48. The molecule has 3 heterocycles. The van der Waals surface area contributed by atoms with E-state index >= 15 is 0 Å². The van der Waals surface area contributed by atoms with E-state index in [9.17, 15) is 4.79 Å². The summed E-state index contributed by atoms with van der Waals surface area (Å²) in [6.45, 7) is 3.12. The molecule has 6 nitrogen and oxygen atoms in total. The van der Waals surface area contributed by atoms with Crippen molar-refractivity contribution in [2.24, 2.45) is 5.92 Å². The predicted octanol–water partition coefficient (Wildman–Crippen LogP) is 2.66. The van der Waals surface area contributed by atoms with E-state index in [1.807, 2.05) is 18.2 Å². The van der Waals surface area contributed by atoms with Crippen molar-refractivity contribution in [1.82, 2.24) is 15.6 Å². The first-order chi connectivity index (χ1) is 12.3. The number of nitrogens with one attached hydrogen (secondary N) is 2. The Kier molecular flexibility index (Phi) is 4.85. The first kappa shape index (κ1) is 16.4. The van der Waals surface area contributed by atoms with Crippen molar-refractivity contribution >= 4 is 17.2 Å². The van der Waals surface area contributed by atoms with E-state index in [-0.39, 0.29) is 12.7 Å². The molecule has 4 rings (SSSR count). The molecule has 7 heteroatoms. The standard InChI is InChI=1S/C18H21N3O3S/c22-17(20-7-5-12-2-1-6-19-9-12)14-10-25-18(21-14)13-3-4-15-16(8-13)24-11-23-15/h3-4,8,10,12,19H,1-2,5-7,9,11H2,(H,20,22). The number of carbonyl (C=O) groups excluding carboxylic acids is 1. The second kappa shape index (κ2) is 7.41. The van der Waals surface area contributed by atoms with Crippen molar-refractivity contribution in [3.05, 3.63) is 29.3 Å². The van der Waals surface area contributed by atoms with Gasteiger partial charge in [0.2, 0.25) is 6.79 Å². The summed E-state index contributed by atoms with van der Waals surface area (Å²) in [4.78, 5) is 16.8. The topological polar surface area (TPSA) is 72.5 Å². The third-order valence-electron chi connectivity index (χ3n) is 4.59. The molecule has 25 heavy (non-hydrogen) atoms. The smallest absolute Gasteiger partial charge is 0.270 e. The van der Waals surface area contributed by atoms with Crippen LogP contribution in [0.5, 0.6) is 11.5 Å². The lowest BCUT2D eigenvalue weighted by Crippen LogP contribution is -2.33. The van der Waals surface area contributed by atoms with Gasteiger partial charge in [-0.05, 0) is 56.5 Å².